The molecule has 0 N–H and O–H groups in total. The summed E-state index contributed by atoms with van der Waals surface area (Å²) in [7, 11) is 0. The van der Waals surface area contributed by atoms with Crippen LogP contribution in [0.1, 0.15) is 88.5 Å². The molecule has 0 radical (unpaired) electrons. The Labute approximate surface area is 337 Å². The van der Waals surface area contributed by atoms with Gasteiger partial charge < -0.3 is 4.90 Å². The lowest BCUT2D eigenvalue weighted by molar-refractivity contribution is -0.235. The van der Waals surface area contributed by atoms with E-state index in [1.807, 2.05) is 0 Å². The van der Waals surface area contributed by atoms with E-state index in [1.54, 1.807) is 11.1 Å². The van der Waals surface area contributed by atoms with Crippen LogP contribution in [0.15, 0.2) is 149 Å². The first-order chi connectivity index (χ1) is 27.2. The molecule has 0 aromatic heterocycles. The SMILES string of the molecule is CC1(C)CCC(C)(C)c2cc(N(c3ccc(-c4ccccc4)cc3)c3cccc4c3Sc3c(-c5ccccc5)cccc3C43C4CC5CC6CC3C64C5)ccc21. The third-order valence-corrected chi connectivity index (χ3v) is 17.5. The normalized spacial score (nSPS) is 29.0. The van der Waals surface area contributed by atoms with Crippen molar-refractivity contribution in [3.8, 4) is 22.3 Å². The number of anilines is 3. The average Bonchev–Trinajstić information content (AvgIpc) is 3.76. The zero-order valence-corrected chi connectivity index (χ0v) is 34.0. The van der Waals surface area contributed by atoms with Crippen molar-refractivity contribution in [3.63, 3.8) is 0 Å². The van der Waals surface area contributed by atoms with E-state index in [0.717, 1.165) is 23.7 Å². The monoisotopic (exact) mass is 745 g/mol. The smallest absolute Gasteiger partial charge is 0.0604 e. The van der Waals surface area contributed by atoms with Gasteiger partial charge in [-0.05, 0) is 153 Å². The maximum atomic E-state index is 2.63. The lowest BCUT2D eigenvalue weighted by atomic mass is 9.26. The highest BCUT2D eigenvalue weighted by Crippen LogP contribution is 2.89. The van der Waals surface area contributed by atoms with Crippen LogP contribution in [-0.4, -0.2) is 0 Å². The molecule has 4 saturated carbocycles. The Morgan fingerprint density at radius 1 is 0.518 bits per heavy atom. The van der Waals surface area contributed by atoms with Crippen LogP contribution in [0.2, 0.25) is 0 Å². The molecule has 6 aromatic carbocycles. The number of hydrogen-bond donors (Lipinski definition) is 0. The molecule has 1 aliphatic heterocycles. The van der Waals surface area contributed by atoms with Crippen LogP contribution >= 0.6 is 11.8 Å². The van der Waals surface area contributed by atoms with E-state index in [9.17, 15) is 0 Å². The van der Waals surface area contributed by atoms with E-state index in [1.165, 1.54) is 98.8 Å². The molecule has 1 nitrogen and oxygen atoms in total. The molecule has 1 heterocycles. The minimum Gasteiger partial charge on any atom is -0.309 e. The van der Waals surface area contributed by atoms with Crippen molar-refractivity contribution in [1.82, 2.24) is 0 Å². The van der Waals surface area contributed by atoms with E-state index in [-0.39, 0.29) is 16.2 Å². The molecule has 6 aromatic rings. The quantitative estimate of drug-likeness (QED) is 0.173. The second-order valence-corrected chi connectivity index (χ2v) is 20.6. The van der Waals surface area contributed by atoms with Crippen molar-refractivity contribution in [2.45, 2.75) is 92.3 Å². The van der Waals surface area contributed by atoms with Gasteiger partial charge in [0.05, 0.1) is 5.69 Å². The average molecular weight is 746 g/mol. The largest absolute Gasteiger partial charge is 0.309 e. The standard InChI is InChI=1S/C54H51NS/c1-51(2)27-28-52(3,4)45-32-40(25-26-42(45)51)55(39-23-21-36(22-24-39)35-13-7-5-8-14-35)46-20-12-19-44-50(46)56-49-41(37-15-9-6-10-16-37)17-11-18-43(49)54(44)47-30-34-29-38-31-48(54)53(38,47)33-34/h5-26,32,34,38,47-48H,27-31,33H2,1-4H3. The Morgan fingerprint density at radius 3 is 1.88 bits per heavy atom. The van der Waals surface area contributed by atoms with Gasteiger partial charge in [-0.1, -0.05) is 149 Å². The van der Waals surface area contributed by atoms with Crippen LogP contribution in [-0.2, 0) is 16.2 Å². The van der Waals surface area contributed by atoms with E-state index in [2.05, 4.69) is 184 Å². The van der Waals surface area contributed by atoms with Crippen LogP contribution < -0.4 is 4.90 Å². The predicted molar refractivity (Wildman–Crippen MR) is 233 cm³/mol. The zero-order valence-electron chi connectivity index (χ0n) is 33.2. The third-order valence-electron chi connectivity index (χ3n) is 16.3. The third kappa shape index (κ3) is 4.30. The first kappa shape index (κ1) is 33.6. The molecule has 12 rings (SSSR count). The zero-order chi connectivity index (χ0) is 37.6. The molecule has 56 heavy (non-hydrogen) atoms. The minimum atomic E-state index is 0.0765. The van der Waals surface area contributed by atoms with Crippen LogP contribution in [0.3, 0.4) is 0 Å². The summed E-state index contributed by atoms with van der Waals surface area (Å²) in [4.78, 5) is 5.59. The minimum absolute atomic E-state index is 0.0765. The molecular formula is C54H51NS. The molecule has 6 unspecified atom stereocenters. The lowest BCUT2D eigenvalue weighted by Crippen LogP contribution is -2.74. The Hall–Kier alpha value is -4.53. The maximum absolute atomic E-state index is 2.63. The van der Waals surface area contributed by atoms with Gasteiger partial charge >= 0.3 is 0 Å². The highest BCUT2D eigenvalue weighted by atomic mass is 32.2. The number of fused-ring (bicyclic) bond motifs is 8. The summed E-state index contributed by atoms with van der Waals surface area (Å²) in [5.41, 5.74) is 16.2. The highest BCUT2D eigenvalue weighted by molar-refractivity contribution is 7.99. The summed E-state index contributed by atoms with van der Waals surface area (Å²) in [6.07, 6.45) is 8.18. The summed E-state index contributed by atoms with van der Waals surface area (Å²) in [5, 5.41) is 0. The molecule has 0 saturated heterocycles. The fraction of sp³-hybridized carbons (Fsp3) is 0.333. The first-order valence-electron chi connectivity index (χ1n) is 21.3. The molecule has 2 bridgehead atoms. The highest BCUT2D eigenvalue weighted by Gasteiger charge is 2.84. The summed E-state index contributed by atoms with van der Waals surface area (Å²) >= 11 is 2.06. The molecule has 2 spiro atoms. The van der Waals surface area contributed by atoms with Gasteiger partial charge in [-0.2, -0.15) is 0 Å². The Morgan fingerprint density at radius 2 is 1.14 bits per heavy atom. The van der Waals surface area contributed by atoms with Gasteiger partial charge in [0.2, 0.25) is 0 Å². The summed E-state index contributed by atoms with van der Waals surface area (Å²) in [5.74, 6) is 3.34. The molecule has 5 aliphatic carbocycles. The number of nitrogens with zero attached hydrogens (tertiary/aromatic N) is 1. The van der Waals surface area contributed by atoms with Gasteiger partial charge in [-0.3, -0.25) is 0 Å². The molecule has 0 amide bonds. The van der Waals surface area contributed by atoms with Crippen LogP contribution in [0.4, 0.5) is 17.1 Å². The molecular weight excluding hydrogens is 695 g/mol. The molecule has 6 atom stereocenters. The van der Waals surface area contributed by atoms with E-state index < -0.39 is 0 Å². The molecule has 278 valence electrons. The Kier molecular flexibility index (Phi) is 6.92. The van der Waals surface area contributed by atoms with Crippen molar-refractivity contribution < 1.29 is 0 Å². The van der Waals surface area contributed by atoms with Gasteiger partial charge in [0.25, 0.3) is 0 Å². The summed E-state index contributed by atoms with van der Waals surface area (Å²) in [6, 6.07) is 53.6. The van der Waals surface area contributed by atoms with E-state index in [4.69, 9.17) is 0 Å². The van der Waals surface area contributed by atoms with Crippen LogP contribution in [0.5, 0.6) is 0 Å². The molecule has 2 heteroatoms. The summed E-state index contributed by atoms with van der Waals surface area (Å²) in [6.45, 7) is 9.81. The van der Waals surface area contributed by atoms with Crippen LogP contribution in [0, 0.1) is 29.1 Å². The Balaban J connectivity index is 1.10. The van der Waals surface area contributed by atoms with Gasteiger partial charge in [0.1, 0.15) is 0 Å². The molecule has 4 fully saturated rings. The van der Waals surface area contributed by atoms with E-state index >= 15 is 0 Å². The summed E-state index contributed by atoms with van der Waals surface area (Å²) < 4.78 is 0. The second kappa shape index (κ2) is 11.5. The number of benzene rings is 6. The lowest BCUT2D eigenvalue weighted by Gasteiger charge is -2.78. The Bertz CT molecular complexity index is 2550. The second-order valence-electron chi connectivity index (χ2n) is 19.6. The van der Waals surface area contributed by atoms with Gasteiger partial charge in [-0.15, -0.1) is 0 Å². The van der Waals surface area contributed by atoms with Crippen LogP contribution in [0.25, 0.3) is 22.3 Å². The fourth-order valence-corrected chi connectivity index (χ4v) is 15.2. The van der Waals surface area contributed by atoms with Crippen molar-refractivity contribution in [2.75, 3.05) is 4.90 Å². The van der Waals surface area contributed by atoms with Gasteiger partial charge in [0.15, 0.2) is 0 Å². The van der Waals surface area contributed by atoms with Gasteiger partial charge in [-0.25, -0.2) is 0 Å². The topological polar surface area (TPSA) is 3.24 Å². The number of hydrogen-bond acceptors (Lipinski definition) is 2. The van der Waals surface area contributed by atoms with E-state index in [0.29, 0.717) is 5.41 Å². The van der Waals surface area contributed by atoms with Gasteiger partial charge in [0, 0.05) is 26.6 Å². The maximum Gasteiger partial charge on any atom is 0.0604 e. The predicted octanol–water partition coefficient (Wildman–Crippen LogP) is 14.7. The van der Waals surface area contributed by atoms with Crippen molar-refractivity contribution >= 4 is 28.8 Å². The van der Waals surface area contributed by atoms with Crippen molar-refractivity contribution in [1.29, 1.82) is 0 Å². The number of rotatable bonds is 5. The van der Waals surface area contributed by atoms with Crippen molar-refractivity contribution in [2.24, 2.45) is 29.1 Å². The molecule has 6 aliphatic rings. The first-order valence-corrected chi connectivity index (χ1v) is 22.1. The fourth-order valence-electron chi connectivity index (χ4n) is 13.8. The van der Waals surface area contributed by atoms with Crippen molar-refractivity contribution in [3.05, 3.63) is 162 Å².